The van der Waals surface area contributed by atoms with E-state index in [0.29, 0.717) is 22.5 Å². The number of nitrogens with zero attached hydrogens (tertiary/aromatic N) is 3. The van der Waals surface area contributed by atoms with Gasteiger partial charge in [0.1, 0.15) is 0 Å². The fraction of sp³-hybridized carbons (Fsp3) is 0.478. The van der Waals surface area contributed by atoms with E-state index in [9.17, 15) is 14.4 Å². The number of aromatic nitrogens is 1. The van der Waals surface area contributed by atoms with Gasteiger partial charge >= 0.3 is 0 Å². The third-order valence-corrected chi connectivity index (χ3v) is 6.62. The van der Waals surface area contributed by atoms with Gasteiger partial charge in [-0.1, -0.05) is 26.0 Å². The summed E-state index contributed by atoms with van der Waals surface area (Å²) in [5.41, 5.74) is 2.32. The Morgan fingerprint density at radius 1 is 1.06 bits per heavy atom. The maximum Gasteiger partial charge on any atom is 0.257 e. The molecule has 0 spiro atoms. The van der Waals surface area contributed by atoms with E-state index in [2.05, 4.69) is 29.0 Å². The molecule has 1 aromatic heterocycles. The van der Waals surface area contributed by atoms with Gasteiger partial charge in [-0.25, -0.2) is 4.98 Å². The van der Waals surface area contributed by atoms with Gasteiger partial charge in [-0.3, -0.25) is 29.5 Å². The highest BCUT2D eigenvalue weighted by molar-refractivity contribution is 7.14. The molecule has 164 valence electrons. The number of carbonyl (C=O) groups is 3. The zero-order valence-corrected chi connectivity index (χ0v) is 18.8. The Labute approximate surface area is 186 Å². The van der Waals surface area contributed by atoms with Crippen molar-refractivity contribution in [1.82, 2.24) is 14.8 Å². The van der Waals surface area contributed by atoms with Crippen LogP contribution in [-0.2, 0) is 22.7 Å². The van der Waals surface area contributed by atoms with E-state index in [1.807, 2.05) is 5.38 Å². The van der Waals surface area contributed by atoms with Crippen molar-refractivity contribution in [3.8, 4) is 0 Å². The second-order valence-corrected chi connectivity index (χ2v) is 9.67. The molecule has 31 heavy (non-hydrogen) atoms. The minimum atomic E-state index is -0.221. The van der Waals surface area contributed by atoms with Crippen LogP contribution in [0.5, 0.6) is 0 Å². The molecule has 4 rings (SSSR count). The van der Waals surface area contributed by atoms with Crippen LogP contribution in [0.25, 0.3) is 0 Å². The quantitative estimate of drug-likeness (QED) is 0.695. The number of thiazole rings is 1. The summed E-state index contributed by atoms with van der Waals surface area (Å²) in [5, 5.41) is 5.47. The summed E-state index contributed by atoms with van der Waals surface area (Å²) >= 11 is 1.44. The normalized spacial score (nSPS) is 22.2. The van der Waals surface area contributed by atoms with Gasteiger partial charge in [0.15, 0.2) is 5.13 Å². The smallest absolute Gasteiger partial charge is 0.257 e. The molecule has 0 aliphatic carbocycles. The van der Waals surface area contributed by atoms with Crippen LogP contribution < -0.4 is 5.32 Å². The van der Waals surface area contributed by atoms with Crippen LogP contribution in [0.15, 0.2) is 29.6 Å². The number of amides is 3. The molecular weight excluding hydrogens is 412 g/mol. The number of likely N-dealkylation sites (tertiary alicyclic amines) is 2. The second-order valence-electron chi connectivity index (χ2n) is 8.81. The molecule has 2 aliphatic heterocycles. The van der Waals surface area contributed by atoms with Crippen molar-refractivity contribution in [3.63, 3.8) is 0 Å². The van der Waals surface area contributed by atoms with E-state index in [-0.39, 0.29) is 37.1 Å². The molecule has 0 bridgehead atoms. The predicted molar refractivity (Wildman–Crippen MR) is 120 cm³/mol. The number of hydrogen-bond acceptors (Lipinski definition) is 6. The Morgan fingerprint density at radius 2 is 1.71 bits per heavy atom. The Bertz CT molecular complexity index is 945. The van der Waals surface area contributed by atoms with Gasteiger partial charge in [-0.05, 0) is 36.0 Å². The van der Waals surface area contributed by atoms with Crippen molar-refractivity contribution in [3.05, 3.63) is 46.5 Å². The number of piperidine rings is 1. The standard InChI is InChI=1S/C23H28N4O3S/c1-15-9-16(2)11-26(10-15)13-19-14-31-23(24-19)25-22(30)18-5-3-17(4-6-18)12-27-20(28)7-8-21(27)29/h3-6,14-16H,7-13H2,1-2H3,(H,24,25,30)/t15-,16-/m0/s1. The Morgan fingerprint density at radius 3 is 2.35 bits per heavy atom. The summed E-state index contributed by atoms with van der Waals surface area (Å²) in [4.78, 5) is 44.4. The highest BCUT2D eigenvalue weighted by Crippen LogP contribution is 2.24. The molecule has 1 N–H and O–H groups in total. The molecule has 2 saturated heterocycles. The Balaban J connectivity index is 1.32. The minimum absolute atomic E-state index is 0.139. The highest BCUT2D eigenvalue weighted by Gasteiger charge is 2.28. The Hall–Kier alpha value is -2.58. The largest absolute Gasteiger partial charge is 0.298 e. The molecule has 8 heteroatoms. The lowest BCUT2D eigenvalue weighted by Gasteiger charge is -2.34. The monoisotopic (exact) mass is 440 g/mol. The lowest BCUT2D eigenvalue weighted by Crippen LogP contribution is -2.38. The van der Waals surface area contributed by atoms with Crippen LogP contribution in [0.1, 0.15) is 54.7 Å². The first kappa shape index (κ1) is 21.6. The van der Waals surface area contributed by atoms with Crippen LogP contribution in [0.3, 0.4) is 0 Å². The van der Waals surface area contributed by atoms with Gasteiger partial charge in [0, 0.05) is 43.4 Å². The molecule has 3 amide bonds. The van der Waals surface area contributed by atoms with Crippen LogP contribution in [0.2, 0.25) is 0 Å². The van der Waals surface area contributed by atoms with Gasteiger partial charge in [0.05, 0.1) is 12.2 Å². The van der Waals surface area contributed by atoms with Crippen molar-refractivity contribution in [2.24, 2.45) is 11.8 Å². The van der Waals surface area contributed by atoms with E-state index >= 15 is 0 Å². The van der Waals surface area contributed by atoms with Crippen LogP contribution in [-0.4, -0.2) is 45.6 Å². The minimum Gasteiger partial charge on any atom is -0.298 e. The highest BCUT2D eigenvalue weighted by atomic mass is 32.1. The number of imide groups is 1. The number of benzene rings is 1. The molecule has 7 nitrogen and oxygen atoms in total. The third kappa shape index (κ3) is 5.37. The van der Waals surface area contributed by atoms with Crippen LogP contribution in [0.4, 0.5) is 5.13 Å². The fourth-order valence-corrected chi connectivity index (χ4v) is 5.20. The van der Waals surface area contributed by atoms with Gasteiger partial charge in [0.25, 0.3) is 5.91 Å². The van der Waals surface area contributed by atoms with Crippen molar-refractivity contribution in [2.45, 2.75) is 46.2 Å². The fourth-order valence-electron chi connectivity index (χ4n) is 4.50. The number of hydrogen-bond donors (Lipinski definition) is 1. The zero-order valence-electron chi connectivity index (χ0n) is 18.0. The van der Waals surface area contributed by atoms with Gasteiger partial charge in [-0.2, -0.15) is 0 Å². The summed E-state index contributed by atoms with van der Waals surface area (Å²) in [7, 11) is 0. The summed E-state index contributed by atoms with van der Waals surface area (Å²) in [5.74, 6) is 0.901. The molecule has 0 unspecified atom stereocenters. The molecule has 2 aromatic rings. The van der Waals surface area contributed by atoms with Crippen molar-refractivity contribution < 1.29 is 14.4 Å². The van der Waals surface area contributed by atoms with Crippen LogP contribution >= 0.6 is 11.3 Å². The van der Waals surface area contributed by atoms with Gasteiger partial charge in [-0.15, -0.1) is 11.3 Å². The number of rotatable bonds is 6. The van der Waals surface area contributed by atoms with Crippen LogP contribution in [0, 0.1) is 11.8 Å². The Kier molecular flexibility index (Phi) is 6.48. The second kappa shape index (κ2) is 9.28. The van der Waals surface area contributed by atoms with E-state index in [4.69, 9.17) is 0 Å². The molecule has 2 fully saturated rings. The first-order chi connectivity index (χ1) is 14.9. The predicted octanol–water partition coefficient (Wildman–Crippen LogP) is 3.52. The van der Waals surface area contributed by atoms with E-state index in [1.54, 1.807) is 24.3 Å². The molecule has 2 atom stereocenters. The van der Waals surface area contributed by atoms with E-state index in [1.165, 1.54) is 22.7 Å². The molecular formula is C23H28N4O3S. The molecule has 2 aliphatic rings. The molecule has 0 saturated carbocycles. The summed E-state index contributed by atoms with van der Waals surface area (Å²) in [6, 6.07) is 6.97. The van der Waals surface area contributed by atoms with Crippen molar-refractivity contribution >= 4 is 34.2 Å². The van der Waals surface area contributed by atoms with Gasteiger partial charge < -0.3 is 0 Å². The lowest BCUT2D eigenvalue weighted by molar-refractivity contribution is -0.139. The lowest BCUT2D eigenvalue weighted by atomic mass is 9.92. The average Bonchev–Trinajstić information content (AvgIpc) is 3.28. The molecule has 0 radical (unpaired) electrons. The topological polar surface area (TPSA) is 82.6 Å². The van der Waals surface area contributed by atoms with E-state index < -0.39 is 0 Å². The number of anilines is 1. The summed E-state index contributed by atoms with van der Waals surface area (Å²) in [6.45, 7) is 7.82. The number of nitrogens with one attached hydrogen (secondary N) is 1. The average molecular weight is 441 g/mol. The zero-order chi connectivity index (χ0) is 22.0. The first-order valence-corrected chi connectivity index (χ1v) is 11.7. The molecule has 1 aromatic carbocycles. The van der Waals surface area contributed by atoms with Crippen molar-refractivity contribution in [1.29, 1.82) is 0 Å². The maximum absolute atomic E-state index is 12.6. The number of carbonyl (C=O) groups excluding carboxylic acids is 3. The maximum atomic E-state index is 12.6. The third-order valence-electron chi connectivity index (χ3n) is 5.81. The summed E-state index contributed by atoms with van der Waals surface area (Å²) in [6.07, 6.45) is 1.84. The molecule has 3 heterocycles. The van der Waals surface area contributed by atoms with Gasteiger partial charge in [0.2, 0.25) is 11.8 Å². The first-order valence-electron chi connectivity index (χ1n) is 10.8. The SMILES string of the molecule is C[C@H]1C[C@H](C)CN(Cc2csc(NC(=O)c3ccc(CN4C(=O)CCC4=O)cc3)n2)C1. The summed E-state index contributed by atoms with van der Waals surface area (Å²) < 4.78 is 0. The van der Waals surface area contributed by atoms with Crippen molar-refractivity contribution in [2.75, 3.05) is 18.4 Å². The van der Waals surface area contributed by atoms with E-state index in [0.717, 1.165) is 30.9 Å².